The number of hydrogen-bond acceptors (Lipinski definition) is 1. The predicted octanol–water partition coefficient (Wildman–Crippen LogP) is 1.22. The first-order valence-corrected chi connectivity index (χ1v) is 5.32. The van der Waals surface area contributed by atoms with E-state index < -0.39 is 0 Å². The minimum Gasteiger partial charge on any atom is -0.382 e. The fourth-order valence-corrected chi connectivity index (χ4v) is 0.204. The molecule has 9 heavy (non-hydrogen) atoms. The maximum Gasteiger partial charge on any atom is 0.0437 e. The molecule has 0 heterocycles. The molecular formula is C7H20OSi. The van der Waals surface area contributed by atoms with Crippen LogP contribution in [-0.2, 0) is 4.74 Å². The van der Waals surface area contributed by atoms with Crippen LogP contribution in [0.3, 0.4) is 0 Å². The van der Waals surface area contributed by atoms with Gasteiger partial charge in [0.15, 0.2) is 0 Å². The third-order valence-electron chi connectivity index (χ3n) is 0.908. The van der Waals surface area contributed by atoms with Crippen LogP contribution in [-0.4, -0.2) is 23.5 Å². The average molecular weight is 148 g/mol. The molecule has 0 aliphatic carbocycles. The Morgan fingerprint density at radius 3 is 1.44 bits per heavy atom. The molecule has 1 nitrogen and oxygen atoms in total. The lowest BCUT2D eigenvalue weighted by atomic mass is 10.6. The highest BCUT2D eigenvalue weighted by Gasteiger charge is 1.64. The fourth-order valence-electron chi connectivity index (χ4n) is 0.204. The van der Waals surface area contributed by atoms with Crippen LogP contribution in [0.5, 0.6) is 0 Å². The maximum absolute atomic E-state index is 4.83. The highest BCUT2D eigenvalue weighted by atomic mass is 28.1. The maximum atomic E-state index is 4.83. The molecule has 0 saturated heterocycles. The molecule has 0 aliphatic rings. The SMILES string of the molecule is CCC[SiH3].CCOCC. The van der Waals surface area contributed by atoms with Crippen molar-refractivity contribution in [1.29, 1.82) is 0 Å². The topological polar surface area (TPSA) is 9.23 Å². The second-order valence-electron chi connectivity index (χ2n) is 1.78. The van der Waals surface area contributed by atoms with E-state index in [0.717, 1.165) is 13.2 Å². The molecule has 0 fully saturated rings. The minimum absolute atomic E-state index is 0.844. The van der Waals surface area contributed by atoms with Crippen LogP contribution in [0.4, 0.5) is 0 Å². The average Bonchev–Trinajstić information content (AvgIpc) is 1.91. The van der Waals surface area contributed by atoms with Crippen LogP contribution in [0, 0.1) is 0 Å². The largest absolute Gasteiger partial charge is 0.382 e. The Labute approximate surface area is 62.2 Å². The number of rotatable bonds is 3. The zero-order chi connectivity index (χ0) is 7.54. The standard InChI is InChI=1S/C4H10O.C3H10Si/c1-3-5-4-2;1-2-3-4/h3-4H2,1-2H3;2-3H2,1,4H3. The Bertz CT molecular complexity index is 28.1. The van der Waals surface area contributed by atoms with E-state index in [1.807, 2.05) is 13.8 Å². The van der Waals surface area contributed by atoms with Crippen molar-refractivity contribution in [2.45, 2.75) is 33.2 Å². The van der Waals surface area contributed by atoms with Crippen molar-refractivity contribution >= 4 is 10.2 Å². The Morgan fingerprint density at radius 2 is 1.44 bits per heavy atom. The van der Waals surface area contributed by atoms with E-state index in [1.54, 1.807) is 0 Å². The molecule has 0 aromatic carbocycles. The zero-order valence-electron chi connectivity index (χ0n) is 7.24. The van der Waals surface area contributed by atoms with Crippen LogP contribution in [0.25, 0.3) is 0 Å². The van der Waals surface area contributed by atoms with Gasteiger partial charge in [0.2, 0.25) is 0 Å². The van der Waals surface area contributed by atoms with Gasteiger partial charge in [-0.3, -0.25) is 0 Å². The first kappa shape index (κ1) is 11.9. The monoisotopic (exact) mass is 148 g/mol. The van der Waals surface area contributed by atoms with E-state index >= 15 is 0 Å². The first-order chi connectivity index (χ1) is 4.33. The molecule has 0 atom stereocenters. The molecule has 0 radical (unpaired) electrons. The van der Waals surface area contributed by atoms with Crippen molar-refractivity contribution in [3.8, 4) is 0 Å². The van der Waals surface area contributed by atoms with E-state index in [9.17, 15) is 0 Å². The zero-order valence-corrected chi connectivity index (χ0v) is 9.24. The van der Waals surface area contributed by atoms with Gasteiger partial charge in [-0.2, -0.15) is 0 Å². The van der Waals surface area contributed by atoms with Gasteiger partial charge in [-0.05, 0) is 13.8 Å². The Hall–Kier alpha value is 0.177. The molecule has 0 saturated carbocycles. The third kappa shape index (κ3) is 30.9. The fraction of sp³-hybridized carbons (Fsp3) is 1.00. The molecule has 0 rings (SSSR count). The van der Waals surface area contributed by atoms with Gasteiger partial charge < -0.3 is 4.74 Å². The molecule has 0 unspecified atom stereocenters. The van der Waals surface area contributed by atoms with Crippen LogP contribution in [0.2, 0.25) is 6.04 Å². The third-order valence-corrected chi connectivity index (χ3v) is 1.91. The summed E-state index contributed by atoms with van der Waals surface area (Å²) in [6, 6.07) is 1.46. The van der Waals surface area contributed by atoms with Gasteiger partial charge in [-0.1, -0.05) is 19.4 Å². The van der Waals surface area contributed by atoms with Crippen molar-refractivity contribution in [3.05, 3.63) is 0 Å². The Morgan fingerprint density at radius 1 is 1.11 bits per heavy atom. The van der Waals surface area contributed by atoms with E-state index in [1.165, 1.54) is 22.7 Å². The van der Waals surface area contributed by atoms with E-state index in [0.29, 0.717) is 0 Å². The number of hydrogen-bond donors (Lipinski definition) is 0. The molecule has 0 amide bonds. The van der Waals surface area contributed by atoms with Crippen LogP contribution < -0.4 is 0 Å². The van der Waals surface area contributed by atoms with E-state index in [2.05, 4.69) is 6.92 Å². The predicted molar refractivity (Wildman–Crippen MR) is 47.2 cm³/mol. The van der Waals surface area contributed by atoms with Crippen molar-refractivity contribution < 1.29 is 4.74 Å². The summed E-state index contributed by atoms with van der Waals surface area (Å²) in [5, 5.41) is 0. The highest BCUT2D eigenvalue weighted by molar-refractivity contribution is 6.08. The Balaban J connectivity index is 0. The molecule has 0 aromatic rings. The highest BCUT2D eigenvalue weighted by Crippen LogP contribution is 1.73. The van der Waals surface area contributed by atoms with Crippen LogP contribution >= 0.6 is 0 Å². The summed E-state index contributed by atoms with van der Waals surface area (Å²) in [6.45, 7) is 7.88. The first-order valence-electron chi connectivity index (χ1n) is 3.91. The molecule has 0 aliphatic heterocycles. The smallest absolute Gasteiger partial charge is 0.0437 e. The van der Waals surface area contributed by atoms with Gasteiger partial charge in [0.25, 0.3) is 0 Å². The summed E-state index contributed by atoms with van der Waals surface area (Å²) >= 11 is 0. The Kier molecular flexibility index (Phi) is 20.8. The van der Waals surface area contributed by atoms with Crippen molar-refractivity contribution in [3.63, 3.8) is 0 Å². The molecule has 0 N–H and O–H groups in total. The van der Waals surface area contributed by atoms with Crippen molar-refractivity contribution in [2.75, 3.05) is 13.2 Å². The minimum atomic E-state index is 0.844. The summed E-state index contributed by atoms with van der Waals surface area (Å²) in [5.41, 5.74) is 0. The van der Waals surface area contributed by atoms with Crippen LogP contribution in [0.15, 0.2) is 0 Å². The summed E-state index contributed by atoms with van der Waals surface area (Å²) < 4.78 is 4.83. The summed E-state index contributed by atoms with van der Waals surface area (Å²) in [7, 11) is 1.39. The molecule has 0 aromatic heterocycles. The summed E-state index contributed by atoms with van der Waals surface area (Å²) in [5.74, 6) is 0. The second-order valence-corrected chi connectivity index (χ2v) is 2.78. The lowest BCUT2D eigenvalue weighted by molar-refractivity contribution is 0.162. The lowest BCUT2D eigenvalue weighted by Gasteiger charge is -1.86. The molecular weight excluding hydrogens is 128 g/mol. The molecule has 2 heteroatoms. The van der Waals surface area contributed by atoms with Gasteiger partial charge >= 0.3 is 0 Å². The quantitative estimate of drug-likeness (QED) is 0.547. The normalized spacial score (nSPS) is 8.33. The van der Waals surface area contributed by atoms with E-state index in [-0.39, 0.29) is 0 Å². The number of ether oxygens (including phenoxy) is 1. The second kappa shape index (κ2) is 15.7. The lowest BCUT2D eigenvalue weighted by Crippen LogP contribution is -1.84. The molecule has 0 spiro atoms. The molecule has 0 bridgehead atoms. The van der Waals surface area contributed by atoms with Gasteiger partial charge in [-0.15, -0.1) is 0 Å². The summed E-state index contributed by atoms with van der Waals surface area (Å²) in [6.07, 6.45) is 1.38. The van der Waals surface area contributed by atoms with Gasteiger partial charge in [0.05, 0.1) is 0 Å². The summed E-state index contributed by atoms with van der Waals surface area (Å²) in [4.78, 5) is 0. The van der Waals surface area contributed by atoms with E-state index in [4.69, 9.17) is 4.74 Å². The van der Waals surface area contributed by atoms with Crippen LogP contribution in [0.1, 0.15) is 27.2 Å². The van der Waals surface area contributed by atoms with Gasteiger partial charge in [0, 0.05) is 23.5 Å². The van der Waals surface area contributed by atoms with Gasteiger partial charge in [-0.25, -0.2) is 0 Å². The molecule has 58 valence electrons. The van der Waals surface area contributed by atoms with Gasteiger partial charge in [0.1, 0.15) is 0 Å². The van der Waals surface area contributed by atoms with Crippen molar-refractivity contribution in [2.24, 2.45) is 0 Å². The van der Waals surface area contributed by atoms with Crippen molar-refractivity contribution in [1.82, 2.24) is 0 Å².